The van der Waals surface area contributed by atoms with Gasteiger partial charge in [-0.1, -0.05) is 0 Å². The summed E-state index contributed by atoms with van der Waals surface area (Å²) in [5.41, 5.74) is 0. The first-order valence-corrected chi connectivity index (χ1v) is 9.61. The molecule has 0 spiro atoms. The van der Waals surface area contributed by atoms with E-state index in [0.717, 1.165) is 32.0 Å². The van der Waals surface area contributed by atoms with E-state index in [1.165, 1.54) is 18.6 Å². The van der Waals surface area contributed by atoms with E-state index < -0.39 is 0 Å². The minimum Gasteiger partial charge on any atom is -0.356 e. The van der Waals surface area contributed by atoms with E-state index in [4.69, 9.17) is 0 Å². The number of thioether (sulfide) groups is 1. The van der Waals surface area contributed by atoms with Crippen LogP contribution in [0, 0.1) is 0 Å². The summed E-state index contributed by atoms with van der Waals surface area (Å²) in [6, 6.07) is 1.22. The van der Waals surface area contributed by atoms with Crippen molar-refractivity contribution >= 4 is 41.7 Å². The van der Waals surface area contributed by atoms with Crippen molar-refractivity contribution in [1.82, 2.24) is 15.5 Å². The van der Waals surface area contributed by atoms with Crippen molar-refractivity contribution in [3.05, 3.63) is 0 Å². The van der Waals surface area contributed by atoms with E-state index in [2.05, 4.69) is 54.5 Å². The van der Waals surface area contributed by atoms with E-state index >= 15 is 0 Å². The zero-order valence-corrected chi connectivity index (χ0v) is 18.5. The number of nitrogens with one attached hydrogen (secondary N) is 2. The molecule has 0 fully saturated rings. The van der Waals surface area contributed by atoms with Crippen molar-refractivity contribution in [2.45, 2.75) is 59.0 Å². The smallest absolute Gasteiger partial charge is 0.190 e. The van der Waals surface area contributed by atoms with Crippen LogP contribution in [-0.2, 0) is 0 Å². The molecule has 0 atom stereocenters. The molecule has 0 aromatic rings. The summed E-state index contributed by atoms with van der Waals surface area (Å²) in [5, 5.41) is 6.78. The molecule has 4 nitrogen and oxygen atoms in total. The van der Waals surface area contributed by atoms with Crippen LogP contribution < -0.4 is 10.6 Å². The maximum absolute atomic E-state index is 4.27. The third-order valence-corrected chi connectivity index (χ3v) is 4.20. The van der Waals surface area contributed by atoms with Gasteiger partial charge in [-0.15, -0.1) is 24.0 Å². The Morgan fingerprint density at radius 3 is 2.00 bits per heavy atom. The summed E-state index contributed by atoms with van der Waals surface area (Å²) in [6.45, 7) is 12.2. The Morgan fingerprint density at radius 1 is 1.00 bits per heavy atom. The van der Waals surface area contributed by atoms with Crippen molar-refractivity contribution in [3.63, 3.8) is 0 Å². The lowest BCUT2D eigenvalue weighted by Crippen LogP contribution is -2.41. The molecular weight excluding hydrogens is 407 g/mol. The summed E-state index contributed by atoms with van der Waals surface area (Å²) >= 11 is 1.91. The molecule has 0 saturated heterocycles. The Balaban J connectivity index is 0. The van der Waals surface area contributed by atoms with E-state index in [-0.39, 0.29) is 24.0 Å². The Morgan fingerprint density at radius 2 is 1.55 bits per heavy atom. The molecule has 6 heteroatoms. The first-order valence-electron chi connectivity index (χ1n) is 8.22. The van der Waals surface area contributed by atoms with Gasteiger partial charge in [0.05, 0.1) is 0 Å². The fourth-order valence-corrected chi connectivity index (χ4v) is 2.87. The Hall–Kier alpha value is 0.310. The second-order valence-corrected chi connectivity index (χ2v) is 6.89. The van der Waals surface area contributed by atoms with Gasteiger partial charge in [0.2, 0.25) is 0 Å². The molecule has 0 unspecified atom stereocenters. The molecule has 134 valence electrons. The number of unbranched alkanes of at least 4 members (excludes halogenated alkanes) is 1. The fraction of sp³-hybridized carbons (Fsp3) is 0.938. The van der Waals surface area contributed by atoms with Crippen molar-refractivity contribution < 1.29 is 0 Å². The standard InChI is InChI=1S/C16H36N4S.HI/c1-14(2)20(15(3)4)12-9-11-19-16(17-5)18-10-7-8-13-21-6;/h14-15H,7-13H2,1-6H3,(H2,17,18,19);1H. The second-order valence-electron chi connectivity index (χ2n) is 5.90. The van der Waals surface area contributed by atoms with Gasteiger partial charge in [0.1, 0.15) is 0 Å². The zero-order chi connectivity index (χ0) is 16.1. The van der Waals surface area contributed by atoms with Gasteiger partial charge in [0.25, 0.3) is 0 Å². The van der Waals surface area contributed by atoms with Crippen molar-refractivity contribution in [3.8, 4) is 0 Å². The lowest BCUT2D eigenvalue weighted by molar-refractivity contribution is 0.173. The van der Waals surface area contributed by atoms with E-state index in [9.17, 15) is 0 Å². The molecule has 0 saturated carbocycles. The summed E-state index contributed by atoms with van der Waals surface area (Å²) in [7, 11) is 1.84. The Bertz CT molecular complexity index is 265. The maximum Gasteiger partial charge on any atom is 0.190 e. The SMILES string of the molecule is CN=C(NCCCCSC)NCCCN(C(C)C)C(C)C.I. The molecule has 0 rings (SSSR count). The Kier molecular flexibility index (Phi) is 18.1. The van der Waals surface area contributed by atoms with Crippen LogP contribution in [-0.4, -0.2) is 61.6 Å². The minimum absolute atomic E-state index is 0. The molecule has 22 heavy (non-hydrogen) atoms. The van der Waals surface area contributed by atoms with E-state index in [1.54, 1.807) is 0 Å². The monoisotopic (exact) mass is 444 g/mol. The molecule has 0 aliphatic heterocycles. The molecule has 0 aromatic carbocycles. The van der Waals surface area contributed by atoms with Crippen LogP contribution in [0.4, 0.5) is 0 Å². The van der Waals surface area contributed by atoms with Crippen molar-refractivity contribution in [2.75, 3.05) is 38.7 Å². The summed E-state index contributed by atoms with van der Waals surface area (Å²) in [6.07, 6.45) is 5.77. The van der Waals surface area contributed by atoms with Crippen LogP contribution in [0.15, 0.2) is 4.99 Å². The average Bonchev–Trinajstić information content (AvgIpc) is 2.43. The number of halogens is 1. The number of guanidine groups is 1. The van der Waals surface area contributed by atoms with E-state index in [0.29, 0.717) is 12.1 Å². The predicted molar refractivity (Wildman–Crippen MR) is 114 cm³/mol. The quantitative estimate of drug-likeness (QED) is 0.222. The van der Waals surface area contributed by atoms with Crippen LogP contribution in [0.25, 0.3) is 0 Å². The summed E-state index contributed by atoms with van der Waals surface area (Å²) in [4.78, 5) is 6.80. The van der Waals surface area contributed by atoms with Crippen molar-refractivity contribution in [1.29, 1.82) is 0 Å². The van der Waals surface area contributed by atoms with Gasteiger partial charge in [-0.2, -0.15) is 11.8 Å². The zero-order valence-electron chi connectivity index (χ0n) is 15.3. The van der Waals surface area contributed by atoms with E-state index in [1.807, 2.05) is 18.8 Å². The van der Waals surface area contributed by atoms with Gasteiger partial charge in [-0.05, 0) is 59.0 Å². The highest BCUT2D eigenvalue weighted by Gasteiger charge is 2.12. The van der Waals surface area contributed by atoms with Gasteiger partial charge in [-0.25, -0.2) is 0 Å². The normalized spacial score (nSPS) is 12.0. The molecule has 0 aliphatic carbocycles. The molecule has 0 aromatic heterocycles. The number of hydrogen-bond acceptors (Lipinski definition) is 3. The van der Waals surface area contributed by atoms with Crippen LogP contribution in [0.3, 0.4) is 0 Å². The second kappa shape index (κ2) is 16.2. The first kappa shape index (κ1) is 24.6. The summed E-state index contributed by atoms with van der Waals surface area (Å²) in [5.74, 6) is 2.17. The Labute approximate surface area is 159 Å². The topological polar surface area (TPSA) is 39.7 Å². The van der Waals surface area contributed by atoms with Crippen LogP contribution in [0.2, 0.25) is 0 Å². The van der Waals surface area contributed by atoms with Gasteiger partial charge in [0, 0.05) is 38.8 Å². The molecule has 0 heterocycles. The fourth-order valence-electron chi connectivity index (χ4n) is 2.38. The number of nitrogens with zero attached hydrogens (tertiary/aromatic N) is 2. The van der Waals surface area contributed by atoms with Gasteiger partial charge < -0.3 is 10.6 Å². The maximum atomic E-state index is 4.27. The van der Waals surface area contributed by atoms with Crippen LogP contribution >= 0.6 is 35.7 Å². The number of aliphatic imine (C=N–C) groups is 1. The first-order chi connectivity index (χ1) is 10.0. The van der Waals surface area contributed by atoms with Crippen LogP contribution in [0.1, 0.15) is 47.0 Å². The molecular formula is C16H37IN4S. The third kappa shape index (κ3) is 12.8. The molecule has 0 radical (unpaired) electrons. The highest BCUT2D eigenvalue weighted by Crippen LogP contribution is 2.05. The number of hydrogen-bond donors (Lipinski definition) is 2. The molecule has 0 bridgehead atoms. The lowest BCUT2D eigenvalue weighted by atomic mass is 10.2. The van der Waals surface area contributed by atoms with Gasteiger partial charge in [-0.3, -0.25) is 9.89 Å². The number of rotatable bonds is 11. The van der Waals surface area contributed by atoms with Crippen molar-refractivity contribution in [2.24, 2.45) is 4.99 Å². The molecule has 0 amide bonds. The van der Waals surface area contributed by atoms with Gasteiger partial charge >= 0.3 is 0 Å². The van der Waals surface area contributed by atoms with Crippen LogP contribution in [0.5, 0.6) is 0 Å². The predicted octanol–water partition coefficient (Wildman–Crippen LogP) is 3.42. The minimum atomic E-state index is 0. The lowest BCUT2D eigenvalue weighted by Gasteiger charge is -2.30. The molecule has 0 aliphatic rings. The largest absolute Gasteiger partial charge is 0.356 e. The highest BCUT2D eigenvalue weighted by molar-refractivity contribution is 14.0. The molecule has 2 N–H and O–H groups in total. The van der Waals surface area contributed by atoms with Gasteiger partial charge in [0.15, 0.2) is 5.96 Å². The highest BCUT2D eigenvalue weighted by atomic mass is 127. The third-order valence-electron chi connectivity index (χ3n) is 3.50. The average molecular weight is 444 g/mol. The summed E-state index contributed by atoms with van der Waals surface area (Å²) < 4.78 is 0.